The molecule has 0 fully saturated rings. The first kappa shape index (κ1) is 20.4. The Bertz CT molecular complexity index is 1150. The molecule has 2 aromatic heterocycles. The van der Waals surface area contributed by atoms with Gasteiger partial charge in [-0.3, -0.25) is 4.79 Å². The third-order valence-electron chi connectivity index (χ3n) is 4.29. The average molecular weight is 439 g/mol. The Morgan fingerprint density at radius 1 is 1.20 bits per heavy atom. The van der Waals surface area contributed by atoms with E-state index in [4.69, 9.17) is 9.72 Å². The van der Waals surface area contributed by atoms with Gasteiger partial charge in [-0.15, -0.1) is 11.8 Å². The molecule has 0 saturated heterocycles. The number of para-hydroxylation sites is 1. The molecule has 0 spiro atoms. The maximum absolute atomic E-state index is 12.5. The fourth-order valence-corrected chi connectivity index (χ4v) is 4.81. The molecule has 2 aromatic carbocycles. The molecule has 0 aliphatic heterocycles. The van der Waals surface area contributed by atoms with E-state index in [1.54, 1.807) is 16.4 Å². The number of hydrogen-bond acceptors (Lipinski definition) is 6. The summed E-state index contributed by atoms with van der Waals surface area (Å²) in [6, 6.07) is 17.8. The number of benzene rings is 2. The molecule has 4 aromatic rings. The SMILES string of the molecule is CCOc1cccc2sc(-n3nc(C)cc3NC(=O)CCSc3ccccc3)nc12. The van der Waals surface area contributed by atoms with E-state index in [9.17, 15) is 4.79 Å². The number of ether oxygens (including phenoxy) is 1. The summed E-state index contributed by atoms with van der Waals surface area (Å²) >= 11 is 3.18. The highest BCUT2D eigenvalue weighted by atomic mass is 32.2. The first-order valence-electron chi connectivity index (χ1n) is 9.71. The van der Waals surface area contributed by atoms with Crippen LogP contribution in [0.25, 0.3) is 15.3 Å². The van der Waals surface area contributed by atoms with E-state index in [2.05, 4.69) is 10.4 Å². The van der Waals surface area contributed by atoms with Crippen LogP contribution in [0.5, 0.6) is 5.75 Å². The lowest BCUT2D eigenvalue weighted by Crippen LogP contribution is -2.15. The Balaban J connectivity index is 1.49. The quantitative estimate of drug-likeness (QED) is 0.378. The Morgan fingerprint density at radius 2 is 2.03 bits per heavy atom. The molecule has 0 aliphatic carbocycles. The molecule has 0 unspecified atom stereocenters. The lowest BCUT2D eigenvalue weighted by Gasteiger charge is -2.06. The van der Waals surface area contributed by atoms with Crippen molar-refractivity contribution in [2.45, 2.75) is 25.2 Å². The van der Waals surface area contributed by atoms with Crippen LogP contribution >= 0.6 is 23.1 Å². The van der Waals surface area contributed by atoms with Gasteiger partial charge in [0.1, 0.15) is 17.1 Å². The van der Waals surface area contributed by atoms with Crippen molar-refractivity contribution < 1.29 is 9.53 Å². The van der Waals surface area contributed by atoms with Crippen molar-refractivity contribution >= 4 is 45.0 Å². The van der Waals surface area contributed by atoms with Gasteiger partial charge in [0.2, 0.25) is 11.0 Å². The van der Waals surface area contributed by atoms with Crippen LogP contribution in [0.1, 0.15) is 19.0 Å². The number of thioether (sulfide) groups is 1. The number of carbonyl (C=O) groups excluding carboxylic acids is 1. The van der Waals surface area contributed by atoms with Gasteiger partial charge < -0.3 is 10.1 Å². The van der Waals surface area contributed by atoms with Gasteiger partial charge in [0, 0.05) is 23.1 Å². The highest BCUT2D eigenvalue weighted by Crippen LogP contribution is 2.32. The van der Waals surface area contributed by atoms with Gasteiger partial charge in [0.05, 0.1) is 17.0 Å². The minimum atomic E-state index is -0.0457. The Labute approximate surface area is 183 Å². The van der Waals surface area contributed by atoms with Crippen LogP contribution in [-0.2, 0) is 4.79 Å². The number of nitrogens with zero attached hydrogens (tertiary/aromatic N) is 3. The molecule has 2 heterocycles. The van der Waals surface area contributed by atoms with Gasteiger partial charge in [0.15, 0.2) is 0 Å². The van der Waals surface area contributed by atoms with E-state index in [-0.39, 0.29) is 5.91 Å². The summed E-state index contributed by atoms with van der Waals surface area (Å²) in [7, 11) is 0. The zero-order valence-corrected chi connectivity index (χ0v) is 18.4. The number of fused-ring (bicyclic) bond motifs is 1. The van der Waals surface area contributed by atoms with Gasteiger partial charge in [-0.25, -0.2) is 4.98 Å². The standard InChI is InChI=1S/C22H22N4O2S2/c1-3-28-17-10-7-11-18-21(17)24-22(30-18)26-19(14-15(2)25-26)23-20(27)12-13-29-16-8-5-4-6-9-16/h4-11,14H,3,12-13H2,1-2H3,(H,23,27). The lowest BCUT2D eigenvalue weighted by molar-refractivity contribution is -0.115. The molecular weight excluding hydrogens is 416 g/mol. The summed E-state index contributed by atoms with van der Waals surface area (Å²) in [5.41, 5.74) is 1.62. The fraction of sp³-hybridized carbons (Fsp3) is 0.227. The molecule has 0 saturated carbocycles. The van der Waals surface area contributed by atoms with Crippen LogP contribution in [-0.4, -0.2) is 33.0 Å². The number of aromatic nitrogens is 3. The molecule has 154 valence electrons. The second-order valence-electron chi connectivity index (χ2n) is 6.57. The van der Waals surface area contributed by atoms with Crippen molar-refractivity contribution in [3.8, 4) is 10.9 Å². The molecule has 30 heavy (non-hydrogen) atoms. The minimum absolute atomic E-state index is 0.0457. The Morgan fingerprint density at radius 3 is 2.83 bits per heavy atom. The number of anilines is 1. The first-order valence-corrected chi connectivity index (χ1v) is 11.5. The van der Waals surface area contributed by atoms with E-state index in [0.29, 0.717) is 29.7 Å². The number of rotatable bonds is 8. The van der Waals surface area contributed by atoms with E-state index < -0.39 is 0 Å². The van der Waals surface area contributed by atoms with Crippen LogP contribution in [0.15, 0.2) is 59.5 Å². The first-order chi connectivity index (χ1) is 14.6. The number of carbonyl (C=O) groups is 1. The third kappa shape index (κ3) is 4.66. The summed E-state index contributed by atoms with van der Waals surface area (Å²) < 4.78 is 8.40. The van der Waals surface area contributed by atoms with Gasteiger partial charge in [-0.1, -0.05) is 35.6 Å². The highest BCUT2D eigenvalue weighted by molar-refractivity contribution is 7.99. The molecule has 1 N–H and O–H groups in total. The van der Waals surface area contributed by atoms with Crippen molar-refractivity contribution in [1.29, 1.82) is 0 Å². The summed E-state index contributed by atoms with van der Waals surface area (Å²) in [6.07, 6.45) is 0.415. The van der Waals surface area contributed by atoms with E-state index >= 15 is 0 Å². The average Bonchev–Trinajstić information content (AvgIpc) is 3.33. The van der Waals surface area contributed by atoms with Crippen LogP contribution < -0.4 is 10.1 Å². The van der Waals surface area contributed by atoms with E-state index in [0.717, 1.165) is 26.6 Å². The molecular formula is C22H22N4O2S2. The third-order valence-corrected chi connectivity index (χ3v) is 6.30. The summed E-state index contributed by atoms with van der Waals surface area (Å²) in [4.78, 5) is 18.4. The zero-order chi connectivity index (χ0) is 20.9. The van der Waals surface area contributed by atoms with Gasteiger partial charge in [-0.2, -0.15) is 9.78 Å². The predicted octanol–water partition coefficient (Wildman–Crippen LogP) is 5.31. The fourth-order valence-electron chi connectivity index (χ4n) is 2.99. The number of nitrogens with one attached hydrogen (secondary N) is 1. The number of hydrogen-bond donors (Lipinski definition) is 1. The van der Waals surface area contributed by atoms with Crippen molar-refractivity contribution in [1.82, 2.24) is 14.8 Å². The summed E-state index contributed by atoms with van der Waals surface area (Å²) in [5.74, 6) is 2.04. The van der Waals surface area contributed by atoms with E-state index in [1.165, 1.54) is 11.3 Å². The van der Waals surface area contributed by atoms with E-state index in [1.807, 2.05) is 68.4 Å². The molecule has 0 atom stereocenters. The maximum Gasteiger partial charge on any atom is 0.226 e. The second kappa shape index (κ2) is 9.32. The van der Waals surface area contributed by atoms with Crippen LogP contribution in [0.3, 0.4) is 0 Å². The Kier molecular flexibility index (Phi) is 6.35. The van der Waals surface area contributed by atoms with Crippen molar-refractivity contribution in [3.63, 3.8) is 0 Å². The number of amides is 1. The van der Waals surface area contributed by atoms with Gasteiger partial charge >= 0.3 is 0 Å². The summed E-state index contributed by atoms with van der Waals surface area (Å²) in [6.45, 7) is 4.43. The highest BCUT2D eigenvalue weighted by Gasteiger charge is 2.16. The molecule has 4 rings (SSSR count). The second-order valence-corrected chi connectivity index (χ2v) is 8.75. The zero-order valence-electron chi connectivity index (χ0n) is 16.8. The number of aryl methyl sites for hydroxylation is 1. The molecule has 8 heteroatoms. The van der Waals surface area contributed by atoms with Crippen LogP contribution in [0, 0.1) is 6.92 Å². The number of thiazole rings is 1. The maximum atomic E-state index is 12.5. The summed E-state index contributed by atoms with van der Waals surface area (Å²) in [5, 5.41) is 8.21. The molecule has 0 aliphatic rings. The predicted molar refractivity (Wildman–Crippen MR) is 123 cm³/mol. The Hall–Kier alpha value is -2.84. The smallest absolute Gasteiger partial charge is 0.226 e. The largest absolute Gasteiger partial charge is 0.492 e. The van der Waals surface area contributed by atoms with Crippen molar-refractivity contribution in [2.24, 2.45) is 0 Å². The minimum Gasteiger partial charge on any atom is -0.492 e. The topological polar surface area (TPSA) is 69.0 Å². The molecule has 0 radical (unpaired) electrons. The molecule has 1 amide bonds. The molecule has 6 nitrogen and oxygen atoms in total. The molecule has 0 bridgehead atoms. The van der Waals surface area contributed by atoms with Crippen LogP contribution in [0.4, 0.5) is 5.82 Å². The van der Waals surface area contributed by atoms with Crippen LogP contribution in [0.2, 0.25) is 0 Å². The van der Waals surface area contributed by atoms with Crippen molar-refractivity contribution in [3.05, 3.63) is 60.3 Å². The lowest BCUT2D eigenvalue weighted by atomic mass is 10.3. The van der Waals surface area contributed by atoms with Gasteiger partial charge in [-0.05, 0) is 38.1 Å². The monoisotopic (exact) mass is 438 g/mol. The van der Waals surface area contributed by atoms with Gasteiger partial charge in [0.25, 0.3) is 0 Å². The normalized spacial score (nSPS) is 11.0. The van der Waals surface area contributed by atoms with Crippen molar-refractivity contribution in [2.75, 3.05) is 17.7 Å².